The van der Waals surface area contributed by atoms with Gasteiger partial charge in [-0.05, 0) is 62.1 Å². The Kier molecular flexibility index (Phi) is 6.28. The van der Waals surface area contributed by atoms with Crippen molar-refractivity contribution < 1.29 is 23.8 Å². The maximum absolute atomic E-state index is 15.1. The standard InChI is InChI=1S/C33H30ClFN6O4/c1-32(27-8-5-20(34)15-37-27)44-26-4-2-3-24(30(26)45-32)40-12-11-39(22-6-7-23(22)40)16-28-38-29-21(35)13-19(31(42)43)14-25(29)41(28)18-33(17-36)9-10-33/h2-5,8,13-15,22-23H,6-7,9-12,16,18H2,1H3,(H,42,43)/t22-,23+,32-/m0/s1. The van der Waals surface area contributed by atoms with Crippen molar-refractivity contribution in [3.8, 4) is 17.6 Å². The van der Waals surface area contributed by atoms with E-state index in [0.717, 1.165) is 50.5 Å². The van der Waals surface area contributed by atoms with Crippen molar-refractivity contribution in [3.63, 3.8) is 0 Å². The van der Waals surface area contributed by atoms with Crippen molar-refractivity contribution in [3.05, 3.63) is 76.6 Å². The molecule has 1 N–H and O–H groups in total. The summed E-state index contributed by atoms with van der Waals surface area (Å²) >= 11 is 6.06. The number of rotatable bonds is 7. The van der Waals surface area contributed by atoms with E-state index in [1.165, 1.54) is 6.07 Å². The van der Waals surface area contributed by atoms with Crippen LogP contribution < -0.4 is 14.4 Å². The van der Waals surface area contributed by atoms with E-state index in [2.05, 4.69) is 26.9 Å². The number of aromatic carboxylic acids is 1. The largest absolute Gasteiger partial charge is 0.478 e. The number of piperazine rings is 1. The highest BCUT2D eigenvalue weighted by atomic mass is 35.5. The van der Waals surface area contributed by atoms with Crippen LogP contribution in [0.4, 0.5) is 10.1 Å². The smallest absolute Gasteiger partial charge is 0.335 e. The van der Waals surface area contributed by atoms with Gasteiger partial charge in [0.2, 0.25) is 0 Å². The number of fused-ring (bicyclic) bond motifs is 3. The summed E-state index contributed by atoms with van der Waals surface area (Å²) in [5.74, 6) is -0.955. The van der Waals surface area contributed by atoms with Gasteiger partial charge in [0.05, 0.1) is 39.8 Å². The van der Waals surface area contributed by atoms with E-state index >= 15 is 4.39 Å². The fourth-order valence-corrected chi connectivity index (χ4v) is 7.11. The number of carboxylic acid groups (broad SMARTS) is 1. The Hall–Kier alpha value is -4.40. The molecule has 4 heterocycles. The van der Waals surface area contributed by atoms with Crippen LogP contribution in [0.15, 0.2) is 48.7 Å². The molecule has 0 radical (unpaired) electrons. The van der Waals surface area contributed by atoms with Crippen molar-refractivity contribution in [1.29, 1.82) is 5.26 Å². The van der Waals surface area contributed by atoms with E-state index < -0.39 is 23.0 Å². The molecule has 3 fully saturated rings. The Morgan fingerprint density at radius 1 is 1.18 bits per heavy atom. The van der Waals surface area contributed by atoms with E-state index in [-0.39, 0.29) is 23.2 Å². The lowest BCUT2D eigenvalue weighted by Gasteiger charge is -2.54. The van der Waals surface area contributed by atoms with Crippen LogP contribution in [-0.2, 0) is 18.9 Å². The number of hydrogen-bond donors (Lipinski definition) is 1. The summed E-state index contributed by atoms with van der Waals surface area (Å²) in [4.78, 5) is 25.6. The summed E-state index contributed by atoms with van der Waals surface area (Å²) < 4.78 is 29.8. The number of aromatic nitrogens is 3. The first-order valence-corrected chi connectivity index (χ1v) is 15.5. The number of carbonyl (C=O) groups is 1. The molecule has 1 saturated heterocycles. The van der Waals surface area contributed by atoms with Gasteiger partial charge in [-0.1, -0.05) is 17.7 Å². The number of anilines is 1. The van der Waals surface area contributed by atoms with Gasteiger partial charge in [-0.3, -0.25) is 9.88 Å². The van der Waals surface area contributed by atoms with E-state index in [4.69, 9.17) is 26.1 Å². The number of ether oxygens (including phenoxy) is 2. The van der Waals surface area contributed by atoms with Gasteiger partial charge >= 0.3 is 5.97 Å². The number of nitrogens with zero attached hydrogens (tertiary/aromatic N) is 6. The molecule has 2 aliphatic carbocycles. The molecule has 3 atom stereocenters. The van der Waals surface area contributed by atoms with E-state index in [1.807, 2.05) is 23.6 Å². The van der Waals surface area contributed by atoms with Crippen molar-refractivity contribution in [2.24, 2.45) is 5.41 Å². The van der Waals surface area contributed by atoms with E-state index in [9.17, 15) is 15.2 Å². The van der Waals surface area contributed by atoms with Crippen molar-refractivity contribution in [2.75, 3.05) is 18.0 Å². The third kappa shape index (κ3) is 4.58. The molecule has 4 aromatic rings. The summed E-state index contributed by atoms with van der Waals surface area (Å²) in [5, 5.41) is 20.0. The number of halogens is 2. The fourth-order valence-electron chi connectivity index (χ4n) is 7.00. The van der Waals surface area contributed by atoms with Crippen molar-refractivity contribution in [1.82, 2.24) is 19.4 Å². The van der Waals surface area contributed by atoms with Gasteiger partial charge in [0, 0.05) is 44.8 Å². The second-order valence-corrected chi connectivity index (χ2v) is 13.1. The predicted molar refractivity (Wildman–Crippen MR) is 163 cm³/mol. The molecular formula is C33H30ClFN6O4. The van der Waals surface area contributed by atoms with Crippen LogP contribution in [0, 0.1) is 22.6 Å². The maximum atomic E-state index is 15.1. The van der Waals surface area contributed by atoms with Crippen LogP contribution in [0.3, 0.4) is 0 Å². The van der Waals surface area contributed by atoms with Gasteiger partial charge in [-0.25, -0.2) is 14.2 Å². The second kappa shape index (κ2) is 10.1. The average Bonchev–Trinajstić information content (AvgIpc) is 3.57. The summed E-state index contributed by atoms with van der Waals surface area (Å²) in [6.45, 7) is 4.15. The molecule has 4 aliphatic rings. The van der Waals surface area contributed by atoms with Gasteiger partial charge in [0.25, 0.3) is 5.79 Å². The number of nitriles is 1. The molecule has 0 amide bonds. The molecule has 0 bridgehead atoms. The highest BCUT2D eigenvalue weighted by molar-refractivity contribution is 6.30. The topological polar surface area (TPSA) is 117 Å². The van der Waals surface area contributed by atoms with Crippen molar-refractivity contribution >= 4 is 34.3 Å². The van der Waals surface area contributed by atoms with Crippen LogP contribution in [0.2, 0.25) is 5.02 Å². The first kappa shape index (κ1) is 28.1. The van der Waals surface area contributed by atoms with E-state index in [0.29, 0.717) is 46.6 Å². The number of hydrogen-bond acceptors (Lipinski definition) is 8. The lowest BCUT2D eigenvalue weighted by atomic mass is 9.81. The minimum atomic E-state index is -1.20. The third-order valence-electron chi connectivity index (χ3n) is 9.79. The first-order valence-electron chi connectivity index (χ1n) is 15.1. The van der Waals surface area contributed by atoms with Crippen LogP contribution in [0.25, 0.3) is 11.0 Å². The molecule has 12 heteroatoms. The summed E-state index contributed by atoms with van der Waals surface area (Å²) in [6, 6.07) is 14.9. The highest BCUT2D eigenvalue weighted by Crippen LogP contribution is 2.51. The van der Waals surface area contributed by atoms with Gasteiger partial charge in [0.1, 0.15) is 17.0 Å². The Labute approximate surface area is 263 Å². The molecule has 0 unspecified atom stereocenters. The molecule has 2 aromatic heterocycles. The Morgan fingerprint density at radius 2 is 2.00 bits per heavy atom. The van der Waals surface area contributed by atoms with E-state index in [1.54, 1.807) is 18.3 Å². The molecule has 0 spiro atoms. The lowest BCUT2D eigenvalue weighted by Crippen LogP contribution is -2.64. The minimum absolute atomic E-state index is 0.133. The SMILES string of the molecule is C[C@]1(c2ccc(Cl)cn2)Oc2cccc(N3CCN(Cc4nc5c(F)cc(C(=O)O)cc5n4CC4(C#N)CC4)[C@H]4CC[C@H]43)c2O1. The molecule has 2 aromatic carbocycles. The molecule has 10 nitrogen and oxygen atoms in total. The van der Waals surface area contributed by atoms with Crippen molar-refractivity contribution in [2.45, 2.75) is 63.6 Å². The minimum Gasteiger partial charge on any atom is -0.478 e. The van der Waals surface area contributed by atoms with Gasteiger partial charge in [-0.15, -0.1) is 0 Å². The lowest BCUT2D eigenvalue weighted by molar-refractivity contribution is -0.0717. The van der Waals surface area contributed by atoms with Crippen LogP contribution in [-0.4, -0.2) is 55.7 Å². The van der Waals surface area contributed by atoms with Gasteiger partial charge in [-0.2, -0.15) is 5.26 Å². The number of carboxylic acids is 1. The average molecular weight is 629 g/mol. The van der Waals surface area contributed by atoms with Gasteiger partial charge < -0.3 is 24.0 Å². The molecule has 230 valence electrons. The maximum Gasteiger partial charge on any atom is 0.335 e. The second-order valence-electron chi connectivity index (χ2n) is 12.6. The zero-order valence-corrected chi connectivity index (χ0v) is 25.3. The molecule has 2 aliphatic heterocycles. The van der Waals surface area contributed by atoms with Crippen LogP contribution in [0.1, 0.15) is 54.5 Å². The molecule has 45 heavy (non-hydrogen) atoms. The summed E-state index contributed by atoms with van der Waals surface area (Å²) in [5.41, 5.74) is 1.50. The number of pyridine rings is 1. The predicted octanol–water partition coefficient (Wildman–Crippen LogP) is 5.72. The molecular weight excluding hydrogens is 599 g/mol. The Balaban J connectivity index is 1.07. The van der Waals surface area contributed by atoms with Gasteiger partial charge in [0.15, 0.2) is 17.3 Å². The summed E-state index contributed by atoms with van der Waals surface area (Å²) in [6.07, 6.45) is 5.10. The Morgan fingerprint density at radius 3 is 2.69 bits per heavy atom. The fraction of sp³-hybridized carbons (Fsp3) is 0.394. The Bertz CT molecular complexity index is 1900. The zero-order chi connectivity index (χ0) is 31.1. The quantitative estimate of drug-likeness (QED) is 0.274. The molecule has 2 saturated carbocycles. The third-order valence-corrected chi connectivity index (χ3v) is 10.0. The normalized spacial score (nSPS) is 24.6. The number of para-hydroxylation sites is 1. The summed E-state index contributed by atoms with van der Waals surface area (Å²) in [7, 11) is 0. The molecule has 8 rings (SSSR count). The monoisotopic (exact) mass is 628 g/mol. The number of benzene rings is 2. The van der Waals surface area contributed by atoms with Crippen LogP contribution >= 0.6 is 11.6 Å². The van der Waals surface area contributed by atoms with Crippen LogP contribution in [0.5, 0.6) is 11.5 Å². The number of imidazole rings is 1. The highest BCUT2D eigenvalue weighted by Gasteiger charge is 2.48. The first-order chi connectivity index (χ1) is 21.7. The zero-order valence-electron chi connectivity index (χ0n) is 24.5.